The largest absolute Gasteiger partial charge is 0.456 e. The molecular weight excluding hydrogens is 583 g/mol. The van der Waals surface area contributed by atoms with Gasteiger partial charge in [-0.15, -0.1) is 0 Å². The first kappa shape index (κ1) is 29.5. The van der Waals surface area contributed by atoms with E-state index in [-0.39, 0.29) is 5.41 Å². The second-order valence-corrected chi connectivity index (χ2v) is 13.4. The molecule has 0 radical (unpaired) electrons. The van der Waals surface area contributed by atoms with Gasteiger partial charge in [0.05, 0.1) is 5.69 Å². The molecule has 2 nitrogen and oxygen atoms in total. The molecule has 0 fully saturated rings. The number of benzene rings is 7. The molecule has 1 heterocycles. The molecule has 48 heavy (non-hydrogen) atoms. The summed E-state index contributed by atoms with van der Waals surface area (Å²) < 4.78 is 6.62. The second kappa shape index (κ2) is 12.1. The van der Waals surface area contributed by atoms with Crippen molar-refractivity contribution in [1.82, 2.24) is 0 Å². The highest BCUT2D eigenvalue weighted by Crippen LogP contribution is 2.45. The highest BCUT2D eigenvalue weighted by Gasteiger charge is 2.27. The minimum absolute atomic E-state index is 0.0981. The number of furan rings is 1. The lowest BCUT2D eigenvalue weighted by Gasteiger charge is -2.28. The second-order valence-electron chi connectivity index (χ2n) is 13.4. The molecule has 2 heteroatoms. The number of para-hydroxylation sites is 1. The molecule has 0 atom stereocenters. The molecule has 0 aliphatic heterocycles. The van der Waals surface area contributed by atoms with Crippen LogP contribution in [-0.2, 0) is 5.41 Å². The Morgan fingerprint density at radius 3 is 1.79 bits per heavy atom. The number of rotatable bonds is 6. The lowest BCUT2D eigenvalue weighted by Crippen LogP contribution is -2.12. The molecule has 0 unspecified atom stereocenters. The minimum atomic E-state index is -0.0981. The maximum Gasteiger partial charge on any atom is 0.139 e. The summed E-state index contributed by atoms with van der Waals surface area (Å²) in [4.78, 5) is 2.37. The predicted molar refractivity (Wildman–Crippen MR) is 203 cm³/mol. The third-order valence-electron chi connectivity index (χ3n) is 9.17. The van der Waals surface area contributed by atoms with E-state index in [2.05, 4.69) is 189 Å². The number of hydrogen-bond acceptors (Lipinski definition) is 2. The third kappa shape index (κ3) is 5.36. The summed E-state index contributed by atoms with van der Waals surface area (Å²) >= 11 is 0. The van der Waals surface area contributed by atoms with Crippen molar-refractivity contribution in [2.45, 2.75) is 26.2 Å². The van der Waals surface area contributed by atoms with Crippen molar-refractivity contribution in [3.63, 3.8) is 0 Å². The van der Waals surface area contributed by atoms with Crippen molar-refractivity contribution in [1.29, 1.82) is 0 Å². The first-order chi connectivity index (χ1) is 23.5. The van der Waals surface area contributed by atoms with Crippen molar-refractivity contribution >= 4 is 38.8 Å². The van der Waals surface area contributed by atoms with E-state index in [0.29, 0.717) is 0 Å². The standard InChI is InChI=1S/C46H37NO/c1-46(2,3)44-41-24-11-12-26-43(41)48-45(44)35-19-13-20-37(31-35)47(42-25-14-18-33-17-7-8-23-40(33)42)36-29-27-34(28-30-36)39-22-10-9-21-38(39)32-15-5-4-6-16-32/h4-31H,1-3H3. The zero-order valence-electron chi connectivity index (χ0n) is 27.5. The molecular formula is C46H37NO. The predicted octanol–water partition coefficient (Wildman–Crippen LogP) is 13.4. The van der Waals surface area contributed by atoms with Gasteiger partial charge in [-0.1, -0.05) is 154 Å². The molecule has 0 saturated heterocycles. The van der Waals surface area contributed by atoms with E-state index in [4.69, 9.17) is 4.42 Å². The van der Waals surface area contributed by atoms with Crippen LogP contribution in [0.25, 0.3) is 55.3 Å². The summed E-state index contributed by atoms with van der Waals surface area (Å²) in [5.74, 6) is 0.927. The molecule has 0 spiro atoms. The fourth-order valence-electron chi connectivity index (χ4n) is 7.00. The van der Waals surface area contributed by atoms with Crippen molar-refractivity contribution in [3.05, 3.63) is 175 Å². The Labute approximate surface area is 282 Å². The zero-order chi connectivity index (χ0) is 32.7. The Morgan fingerprint density at radius 1 is 0.458 bits per heavy atom. The summed E-state index contributed by atoms with van der Waals surface area (Å²) in [7, 11) is 0. The van der Waals surface area contributed by atoms with Crippen molar-refractivity contribution < 1.29 is 4.42 Å². The Bertz CT molecular complexity index is 2370. The van der Waals surface area contributed by atoms with Gasteiger partial charge < -0.3 is 9.32 Å². The average Bonchev–Trinajstić information content (AvgIpc) is 3.54. The number of fused-ring (bicyclic) bond motifs is 2. The van der Waals surface area contributed by atoms with Crippen LogP contribution in [0.15, 0.2) is 174 Å². The van der Waals surface area contributed by atoms with E-state index < -0.39 is 0 Å². The fraction of sp³-hybridized carbons (Fsp3) is 0.0870. The topological polar surface area (TPSA) is 16.4 Å². The van der Waals surface area contributed by atoms with Crippen LogP contribution in [-0.4, -0.2) is 0 Å². The number of nitrogens with zero attached hydrogens (tertiary/aromatic N) is 1. The molecule has 0 amide bonds. The summed E-state index contributed by atoms with van der Waals surface area (Å²) in [6.07, 6.45) is 0. The van der Waals surface area contributed by atoms with Crippen LogP contribution in [0.4, 0.5) is 17.1 Å². The Morgan fingerprint density at radius 2 is 1.04 bits per heavy atom. The first-order valence-electron chi connectivity index (χ1n) is 16.6. The SMILES string of the molecule is CC(C)(C)c1c(-c2cccc(N(c3ccc(-c4ccccc4-c4ccccc4)cc3)c3cccc4ccccc34)c2)oc2ccccc12. The molecule has 0 N–H and O–H groups in total. The highest BCUT2D eigenvalue weighted by atomic mass is 16.3. The zero-order valence-corrected chi connectivity index (χ0v) is 27.5. The van der Waals surface area contributed by atoms with E-state index in [1.54, 1.807) is 0 Å². The van der Waals surface area contributed by atoms with Gasteiger partial charge in [-0.2, -0.15) is 0 Å². The molecule has 0 aliphatic rings. The quantitative estimate of drug-likeness (QED) is 0.184. The summed E-state index contributed by atoms with van der Waals surface area (Å²) in [6.45, 7) is 6.78. The van der Waals surface area contributed by atoms with Crippen LogP contribution in [0, 0.1) is 0 Å². The van der Waals surface area contributed by atoms with Gasteiger partial charge in [0.1, 0.15) is 11.3 Å². The fourth-order valence-corrected chi connectivity index (χ4v) is 7.00. The van der Waals surface area contributed by atoms with Gasteiger partial charge >= 0.3 is 0 Å². The maximum atomic E-state index is 6.62. The summed E-state index contributed by atoms with van der Waals surface area (Å²) in [6, 6.07) is 60.6. The molecule has 7 aromatic carbocycles. The Kier molecular flexibility index (Phi) is 7.42. The summed E-state index contributed by atoms with van der Waals surface area (Å²) in [5.41, 5.74) is 11.2. The highest BCUT2D eigenvalue weighted by molar-refractivity contribution is 5.99. The molecule has 232 valence electrons. The van der Waals surface area contributed by atoms with E-state index in [1.807, 2.05) is 6.07 Å². The van der Waals surface area contributed by atoms with Gasteiger partial charge in [0.15, 0.2) is 0 Å². The average molecular weight is 620 g/mol. The Hall–Kier alpha value is -5.86. The maximum absolute atomic E-state index is 6.62. The van der Waals surface area contributed by atoms with Gasteiger partial charge in [0.25, 0.3) is 0 Å². The van der Waals surface area contributed by atoms with Crippen molar-refractivity contribution in [2.75, 3.05) is 4.90 Å². The van der Waals surface area contributed by atoms with E-state index in [0.717, 1.165) is 34.0 Å². The summed E-state index contributed by atoms with van der Waals surface area (Å²) in [5, 5.41) is 3.57. The Balaban J connectivity index is 1.29. The van der Waals surface area contributed by atoms with Gasteiger partial charge in [-0.25, -0.2) is 0 Å². The van der Waals surface area contributed by atoms with Crippen LogP contribution in [0.1, 0.15) is 26.3 Å². The molecule has 8 aromatic rings. The van der Waals surface area contributed by atoms with E-state index in [9.17, 15) is 0 Å². The molecule has 8 rings (SSSR count). The molecule has 0 aliphatic carbocycles. The van der Waals surface area contributed by atoms with Crippen LogP contribution in [0.3, 0.4) is 0 Å². The normalized spacial score (nSPS) is 11.6. The first-order valence-corrected chi connectivity index (χ1v) is 16.6. The van der Waals surface area contributed by atoms with E-state index in [1.165, 1.54) is 44.0 Å². The van der Waals surface area contributed by atoms with Crippen LogP contribution in [0.2, 0.25) is 0 Å². The van der Waals surface area contributed by atoms with Crippen LogP contribution < -0.4 is 4.90 Å². The monoisotopic (exact) mass is 619 g/mol. The van der Waals surface area contributed by atoms with Crippen molar-refractivity contribution in [2.24, 2.45) is 0 Å². The molecule has 0 saturated carbocycles. The van der Waals surface area contributed by atoms with Gasteiger partial charge in [0, 0.05) is 33.3 Å². The molecule has 1 aromatic heterocycles. The molecule has 0 bridgehead atoms. The van der Waals surface area contributed by atoms with Gasteiger partial charge in [-0.05, 0) is 69.5 Å². The van der Waals surface area contributed by atoms with Gasteiger partial charge in [-0.3, -0.25) is 0 Å². The van der Waals surface area contributed by atoms with Crippen LogP contribution >= 0.6 is 0 Å². The minimum Gasteiger partial charge on any atom is -0.456 e. The lowest BCUT2D eigenvalue weighted by molar-refractivity contribution is 0.568. The number of hydrogen-bond donors (Lipinski definition) is 0. The number of anilines is 3. The van der Waals surface area contributed by atoms with E-state index >= 15 is 0 Å². The lowest BCUT2D eigenvalue weighted by atomic mass is 9.83. The smallest absolute Gasteiger partial charge is 0.139 e. The van der Waals surface area contributed by atoms with Gasteiger partial charge in [0.2, 0.25) is 0 Å². The third-order valence-corrected chi connectivity index (χ3v) is 9.17. The van der Waals surface area contributed by atoms with Crippen LogP contribution in [0.5, 0.6) is 0 Å². The van der Waals surface area contributed by atoms with Crippen molar-refractivity contribution in [3.8, 4) is 33.6 Å².